The molecule has 17 heavy (non-hydrogen) atoms. The van der Waals surface area contributed by atoms with Crippen LogP contribution in [-0.4, -0.2) is 55.5 Å². The molecule has 0 radical (unpaired) electrons. The fourth-order valence-electron chi connectivity index (χ4n) is 1.94. The maximum absolute atomic E-state index is 11.7. The van der Waals surface area contributed by atoms with Crippen molar-refractivity contribution in [1.82, 2.24) is 10.2 Å². The number of piperidine rings is 1. The Morgan fingerprint density at radius 3 is 2.76 bits per heavy atom. The standard InChI is InChI=1S/C12H24N2O3/c1-10-4-7-14(8-5-10)12(16)13-6-3-11(15)9-17-2/h10-11,15H,3-9H2,1-2H3,(H,13,16). The lowest BCUT2D eigenvalue weighted by Gasteiger charge is -2.30. The highest BCUT2D eigenvalue weighted by molar-refractivity contribution is 5.74. The molecule has 0 saturated carbocycles. The van der Waals surface area contributed by atoms with Gasteiger partial charge in [0.15, 0.2) is 0 Å². The van der Waals surface area contributed by atoms with Crippen molar-refractivity contribution in [3.63, 3.8) is 0 Å². The smallest absolute Gasteiger partial charge is 0.317 e. The molecule has 0 bridgehead atoms. The Kier molecular flexibility index (Phi) is 6.29. The highest BCUT2D eigenvalue weighted by Gasteiger charge is 2.19. The molecule has 1 heterocycles. The van der Waals surface area contributed by atoms with Gasteiger partial charge in [-0.1, -0.05) is 6.92 Å². The van der Waals surface area contributed by atoms with Crippen molar-refractivity contribution in [1.29, 1.82) is 0 Å². The van der Waals surface area contributed by atoms with Gasteiger partial charge in [0.25, 0.3) is 0 Å². The summed E-state index contributed by atoms with van der Waals surface area (Å²) in [6, 6.07) is -0.0125. The molecular weight excluding hydrogens is 220 g/mol. The maximum Gasteiger partial charge on any atom is 0.317 e. The van der Waals surface area contributed by atoms with Gasteiger partial charge in [-0.3, -0.25) is 0 Å². The first-order valence-electron chi connectivity index (χ1n) is 6.33. The van der Waals surface area contributed by atoms with Crippen molar-refractivity contribution in [2.75, 3.05) is 33.4 Å². The molecule has 0 spiro atoms. The fraction of sp³-hybridized carbons (Fsp3) is 0.917. The zero-order valence-electron chi connectivity index (χ0n) is 10.8. The third-order valence-electron chi connectivity index (χ3n) is 3.18. The quantitative estimate of drug-likeness (QED) is 0.753. The summed E-state index contributed by atoms with van der Waals surface area (Å²) in [7, 11) is 1.55. The molecule has 0 aromatic rings. The monoisotopic (exact) mass is 244 g/mol. The van der Waals surface area contributed by atoms with Crippen molar-refractivity contribution >= 4 is 6.03 Å². The fourth-order valence-corrected chi connectivity index (χ4v) is 1.94. The normalized spacial score (nSPS) is 19.1. The Bertz CT molecular complexity index is 228. The predicted octanol–water partition coefficient (Wildman–Crippen LogP) is 0.825. The first-order chi connectivity index (χ1) is 8.13. The largest absolute Gasteiger partial charge is 0.391 e. The lowest BCUT2D eigenvalue weighted by atomic mass is 10.00. The van der Waals surface area contributed by atoms with E-state index in [1.165, 1.54) is 0 Å². The summed E-state index contributed by atoms with van der Waals surface area (Å²) >= 11 is 0. The Morgan fingerprint density at radius 1 is 1.53 bits per heavy atom. The van der Waals surface area contributed by atoms with Crippen molar-refractivity contribution in [3.8, 4) is 0 Å². The molecule has 1 saturated heterocycles. The summed E-state index contributed by atoms with van der Waals surface area (Å²) in [6.45, 7) is 4.71. The van der Waals surface area contributed by atoms with E-state index in [1.807, 2.05) is 4.90 Å². The van der Waals surface area contributed by atoms with Gasteiger partial charge in [-0.05, 0) is 25.2 Å². The van der Waals surface area contributed by atoms with E-state index < -0.39 is 6.10 Å². The number of carbonyl (C=O) groups excluding carboxylic acids is 1. The number of rotatable bonds is 5. The summed E-state index contributed by atoms with van der Waals surface area (Å²) in [5.74, 6) is 0.725. The molecule has 2 N–H and O–H groups in total. The molecule has 1 fully saturated rings. The van der Waals surface area contributed by atoms with Crippen molar-refractivity contribution in [2.24, 2.45) is 5.92 Å². The van der Waals surface area contributed by atoms with E-state index in [1.54, 1.807) is 7.11 Å². The summed E-state index contributed by atoms with van der Waals surface area (Å²) in [5.41, 5.74) is 0. The molecule has 2 amide bonds. The number of nitrogens with one attached hydrogen (secondary N) is 1. The number of ether oxygens (including phenoxy) is 1. The van der Waals surface area contributed by atoms with E-state index in [0.717, 1.165) is 31.8 Å². The van der Waals surface area contributed by atoms with Gasteiger partial charge in [0, 0.05) is 26.7 Å². The van der Waals surface area contributed by atoms with Gasteiger partial charge in [0.1, 0.15) is 0 Å². The number of aliphatic hydroxyl groups excluding tert-OH is 1. The number of methoxy groups -OCH3 is 1. The number of likely N-dealkylation sites (tertiary alicyclic amines) is 1. The highest BCUT2D eigenvalue weighted by Crippen LogP contribution is 2.15. The van der Waals surface area contributed by atoms with Crippen LogP contribution in [0.1, 0.15) is 26.2 Å². The van der Waals surface area contributed by atoms with E-state index in [-0.39, 0.29) is 6.03 Å². The summed E-state index contributed by atoms with van der Waals surface area (Å²) < 4.78 is 4.82. The number of aliphatic hydroxyl groups is 1. The number of urea groups is 1. The van der Waals surface area contributed by atoms with E-state index >= 15 is 0 Å². The zero-order valence-corrected chi connectivity index (χ0v) is 10.8. The first kappa shape index (κ1) is 14.3. The van der Waals surface area contributed by atoms with Gasteiger partial charge in [-0.15, -0.1) is 0 Å². The van der Waals surface area contributed by atoms with Crippen LogP contribution in [-0.2, 0) is 4.74 Å². The Balaban J connectivity index is 2.12. The third-order valence-corrected chi connectivity index (χ3v) is 3.18. The van der Waals surface area contributed by atoms with Crippen LogP contribution < -0.4 is 5.32 Å². The van der Waals surface area contributed by atoms with E-state index in [9.17, 15) is 9.90 Å². The van der Waals surface area contributed by atoms with Gasteiger partial charge < -0.3 is 20.1 Å². The van der Waals surface area contributed by atoms with Crippen LogP contribution in [0.15, 0.2) is 0 Å². The Morgan fingerprint density at radius 2 is 2.18 bits per heavy atom. The molecule has 100 valence electrons. The second-order valence-electron chi connectivity index (χ2n) is 4.80. The van der Waals surface area contributed by atoms with Gasteiger partial charge in [0.05, 0.1) is 12.7 Å². The number of carbonyl (C=O) groups is 1. The average molecular weight is 244 g/mol. The summed E-state index contributed by atoms with van der Waals surface area (Å²) in [5, 5.41) is 12.2. The second-order valence-corrected chi connectivity index (χ2v) is 4.80. The van der Waals surface area contributed by atoms with Crippen LogP contribution in [0.25, 0.3) is 0 Å². The molecule has 5 heteroatoms. The minimum Gasteiger partial charge on any atom is -0.391 e. The molecule has 1 unspecified atom stereocenters. The summed E-state index contributed by atoms with van der Waals surface area (Å²) in [4.78, 5) is 13.6. The average Bonchev–Trinajstić information content (AvgIpc) is 2.30. The molecule has 0 aromatic heterocycles. The second kappa shape index (κ2) is 7.50. The Labute approximate surface area is 103 Å². The van der Waals surface area contributed by atoms with Gasteiger partial charge in [-0.25, -0.2) is 4.79 Å². The van der Waals surface area contributed by atoms with Crippen LogP contribution in [0.2, 0.25) is 0 Å². The van der Waals surface area contributed by atoms with Gasteiger partial charge >= 0.3 is 6.03 Å². The molecule has 0 aromatic carbocycles. The Hall–Kier alpha value is -0.810. The third kappa shape index (κ3) is 5.37. The number of amides is 2. The number of hydrogen-bond donors (Lipinski definition) is 2. The van der Waals surface area contributed by atoms with E-state index in [0.29, 0.717) is 19.6 Å². The van der Waals surface area contributed by atoms with Crippen LogP contribution >= 0.6 is 0 Å². The van der Waals surface area contributed by atoms with Crippen LogP contribution in [0.5, 0.6) is 0 Å². The molecular formula is C12H24N2O3. The van der Waals surface area contributed by atoms with Gasteiger partial charge in [-0.2, -0.15) is 0 Å². The molecule has 0 aliphatic carbocycles. The van der Waals surface area contributed by atoms with Crippen LogP contribution in [0.3, 0.4) is 0 Å². The van der Waals surface area contributed by atoms with Crippen LogP contribution in [0, 0.1) is 5.92 Å². The highest BCUT2D eigenvalue weighted by atomic mass is 16.5. The molecule has 1 rings (SSSR count). The maximum atomic E-state index is 11.7. The molecule has 1 aliphatic heterocycles. The topological polar surface area (TPSA) is 61.8 Å². The first-order valence-corrected chi connectivity index (χ1v) is 6.33. The molecule has 1 atom stereocenters. The van der Waals surface area contributed by atoms with Crippen LogP contribution in [0.4, 0.5) is 4.79 Å². The number of hydrogen-bond acceptors (Lipinski definition) is 3. The lowest BCUT2D eigenvalue weighted by molar-refractivity contribution is 0.0595. The minimum absolute atomic E-state index is 0.0125. The SMILES string of the molecule is COCC(O)CCNC(=O)N1CCC(C)CC1. The van der Waals surface area contributed by atoms with E-state index in [2.05, 4.69) is 12.2 Å². The number of nitrogens with zero attached hydrogens (tertiary/aromatic N) is 1. The van der Waals surface area contributed by atoms with Gasteiger partial charge in [0.2, 0.25) is 0 Å². The molecule has 5 nitrogen and oxygen atoms in total. The lowest BCUT2D eigenvalue weighted by Crippen LogP contribution is -2.44. The van der Waals surface area contributed by atoms with Crippen molar-refractivity contribution < 1.29 is 14.6 Å². The summed E-state index contributed by atoms with van der Waals surface area (Å²) in [6.07, 6.45) is 2.20. The zero-order chi connectivity index (χ0) is 12.7. The minimum atomic E-state index is -0.498. The van der Waals surface area contributed by atoms with Crippen molar-refractivity contribution in [2.45, 2.75) is 32.3 Å². The predicted molar refractivity (Wildman–Crippen MR) is 65.9 cm³/mol. The van der Waals surface area contributed by atoms with E-state index in [4.69, 9.17) is 4.74 Å². The van der Waals surface area contributed by atoms with Crippen molar-refractivity contribution in [3.05, 3.63) is 0 Å². The molecule has 1 aliphatic rings.